The second-order valence-electron chi connectivity index (χ2n) is 25.1. The summed E-state index contributed by atoms with van der Waals surface area (Å²) in [4.78, 5) is 8.07. The molecule has 3 aliphatic carbocycles. The van der Waals surface area contributed by atoms with Crippen LogP contribution in [0.15, 0.2) is 212 Å². The normalized spacial score (nSPS) is 24.4. The largest absolute Gasteiger partial charge is 0.335 e. The molecule has 3 heterocycles. The van der Waals surface area contributed by atoms with E-state index < -0.39 is 0 Å². The van der Waals surface area contributed by atoms with Gasteiger partial charge in [-0.05, 0) is 238 Å². The maximum absolute atomic E-state index is 2.69. The van der Waals surface area contributed by atoms with Crippen LogP contribution < -0.4 is 14.7 Å². The van der Waals surface area contributed by atoms with Crippen molar-refractivity contribution in [1.29, 1.82) is 0 Å². The molecule has 0 bridgehead atoms. The van der Waals surface area contributed by atoms with Gasteiger partial charge in [-0.15, -0.1) is 0 Å². The molecule has 384 valence electrons. The summed E-state index contributed by atoms with van der Waals surface area (Å²) < 4.78 is 0. The maximum Gasteiger partial charge on any atom is 0.0492 e. The van der Waals surface area contributed by atoms with Crippen molar-refractivity contribution in [1.82, 2.24) is 0 Å². The highest BCUT2D eigenvalue weighted by atomic mass is 15.3. The van der Waals surface area contributed by atoms with Crippen LogP contribution in [0.2, 0.25) is 0 Å². The number of rotatable bonds is 7. The fourth-order valence-corrected chi connectivity index (χ4v) is 17.8. The summed E-state index contributed by atoms with van der Waals surface area (Å²) in [5.41, 5.74) is 23.1. The Morgan fingerprint density at radius 1 is 0.304 bits per heavy atom. The van der Waals surface area contributed by atoms with Gasteiger partial charge in [0.2, 0.25) is 0 Å². The fourth-order valence-electron chi connectivity index (χ4n) is 17.8. The first-order valence-electron chi connectivity index (χ1n) is 29.6. The zero-order chi connectivity index (χ0) is 52.4. The van der Waals surface area contributed by atoms with E-state index in [1.165, 1.54) is 185 Å². The van der Waals surface area contributed by atoms with Crippen molar-refractivity contribution in [2.24, 2.45) is 0 Å². The van der Waals surface area contributed by atoms with Crippen LogP contribution in [0.4, 0.5) is 34.1 Å². The van der Waals surface area contributed by atoms with E-state index in [4.69, 9.17) is 0 Å². The molecule has 79 heavy (non-hydrogen) atoms. The van der Waals surface area contributed by atoms with Crippen molar-refractivity contribution >= 4 is 66.4 Å². The van der Waals surface area contributed by atoms with E-state index in [0.717, 1.165) is 0 Å². The summed E-state index contributed by atoms with van der Waals surface area (Å²) in [5, 5.41) is 8.03. The first kappa shape index (κ1) is 45.8. The Balaban J connectivity index is 0.926. The number of anilines is 6. The SMILES string of the molecule is CC12CCCC1c1cc(-c3cc(-c4ccccc4)c4ccc5c(-c6ccc7c(c6)C6CCCC6(C)N7c6ccccc6)cc(-c6ccc7c(c6)C6CCCC6(C)N7c6ccccc6)c6ccc3c4c56)ccc1N2c1ccccc1. The van der Waals surface area contributed by atoms with Crippen LogP contribution in [0.25, 0.3) is 76.8 Å². The Morgan fingerprint density at radius 3 is 0.911 bits per heavy atom. The van der Waals surface area contributed by atoms with Crippen LogP contribution in [-0.2, 0) is 0 Å². The molecule has 0 aromatic heterocycles. The number of fused-ring (bicyclic) bond motifs is 9. The molecular formula is C76H65N3. The van der Waals surface area contributed by atoms with Gasteiger partial charge in [0, 0.05) is 68.5 Å². The highest BCUT2D eigenvalue weighted by Gasteiger charge is 2.54. The second kappa shape index (κ2) is 16.7. The lowest BCUT2D eigenvalue weighted by atomic mass is 9.80. The summed E-state index contributed by atoms with van der Waals surface area (Å²) in [6.45, 7) is 7.58. The van der Waals surface area contributed by atoms with Crippen molar-refractivity contribution < 1.29 is 0 Å². The molecule has 6 unspecified atom stereocenters. The van der Waals surface area contributed by atoms with E-state index >= 15 is 0 Å². The third-order valence-corrected chi connectivity index (χ3v) is 21.2. The summed E-state index contributed by atoms with van der Waals surface area (Å²) >= 11 is 0. The number of hydrogen-bond donors (Lipinski definition) is 0. The molecular weight excluding hydrogens is 955 g/mol. The first-order chi connectivity index (χ1) is 38.8. The van der Waals surface area contributed by atoms with Gasteiger partial charge in [0.05, 0.1) is 0 Å². The van der Waals surface area contributed by atoms with Crippen LogP contribution in [0.1, 0.15) is 113 Å². The summed E-state index contributed by atoms with van der Waals surface area (Å²) in [5.74, 6) is 1.42. The van der Waals surface area contributed by atoms with E-state index in [-0.39, 0.29) is 16.6 Å². The smallest absolute Gasteiger partial charge is 0.0492 e. The lowest BCUT2D eigenvalue weighted by molar-refractivity contribution is 0.451. The Kier molecular flexibility index (Phi) is 9.69. The van der Waals surface area contributed by atoms with Crippen LogP contribution in [0.5, 0.6) is 0 Å². The van der Waals surface area contributed by atoms with Crippen molar-refractivity contribution in [2.75, 3.05) is 14.7 Å². The topological polar surface area (TPSA) is 9.72 Å². The van der Waals surface area contributed by atoms with Gasteiger partial charge in [-0.3, -0.25) is 0 Å². The minimum absolute atomic E-state index is 0.0426. The minimum Gasteiger partial charge on any atom is -0.335 e. The Bertz CT molecular complexity index is 4120. The summed E-state index contributed by atoms with van der Waals surface area (Å²) in [6, 6.07) is 82.4. The number of para-hydroxylation sites is 3. The molecule has 17 rings (SSSR count). The molecule has 0 radical (unpaired) electrons. The molecule has 0 spiro atoms. The summed E-state index contributed by atoms with van der Waals surface area (Å²) in [7, 11) is 0. The predicted molar refractivity (Wildman–Crippen MR) is 333 cm³/mol. The van der Waals surface area contributed by atoms with Crippen molar-refractivity contribution in [3.8, 4) is 44.5 Å². The second-order valence-corrected chi connectivity index (χ2v) is 25.1. The minimum atomic E-state index is 0.0426. The van der Waals surface area contributed by atoms with Crippen molar-refractivity contribution in [2.45, 2.75) is 113 Å². The molecule has 3 nitrogen and oxygen atoms in total. The maximum atomic E-state index is 2.69. The van der Waals surface area contributed by atoms with Gasteiger partial charge in [0.25, 0.3) is 0 Å². The molecule has 11 aromatic carbocycles. The average molecular weight is 1020 g/mol. The highest BCUT2D eigenvalue weighted by Crippen LogP contribution is 2.63. The van der Waals surface area contributed by atoms with Crippen molar-refractivity contribution in [3.63, 3.8) is 0 Å². The van der Waals surface area contributed by atoms with Gasteiger partial charge in [0.15, 0.2) is 0 Å². The molecule has 0 amide bonds. The lowest BCUT2D eigenvalue weighted by Crippen LogP contribution is -2.40. The van der Waals surface area contributed by atoms with Gasteiger partial charge < -0.3 is 14.7 Å². The number of benzene rings is 11. The van der Waals surface area contributed by atoms with E-state index in [1.807, 2.05) is 0 Å². The quantitative estimate of drug-likeness (QED) is 0.147. The van der Waals surface area contributed by atoms with Gasteiger partial charge in [-0.25, -0.2) is 0 Å². The zero-order valence-electron chi connectivity index (χ0n) is 45.6. The zero-order valence-corrected chi connectivity index (χ0v) is 45.6. The highest BCUT2D eigenvalue weighted by molar-refractivity contribution is 6.32. The standard InChI is InChI=1S/C76H65N3/c1-74-40-16-27-66(74)63-43-49(30-37-69(63)77(74)52-21-10-5-11-22-52)60-46-59(48-19-8-4-9-20-48)55-33-34-57-61(50-31-38-70-64(44-50)67-28-17-41-75(67,2)78(70)53-23-12-6-13-24-53)47-62(58-36-35-56(60)72(55)73(57)58)51-32-39-71-65(45-51)68-29-18-42-76(68,3)79(71)54-25-14-7-15-26-54/h4-15,19-26,30-39,43-47,66-68H,16-18,27-29,40-42H2,1-3H3. The fraction of sp³-hybridized carbons (Fsp3) is 0.237. The molecule has 11 aromatic rings. The molecule has 6 atom stereocenters. The monoisotopic (exact) mass is 1020 g/mol. The van der Waals surface area contributed by atoms with E-state index in [9.17, 15) is 0 Å². The van der Waals surface area contributed by atoms with Crippen molar-refractivity contribution in [3.05, 3.63) is 229 Å². The van der Waals surface area contributed by atoms with Gasteiger partial charge in [-0.2, -0.15) is 0 Å². The third kappa shape index (κ3) is 6.31. The molecule has 3 fully saturated rings. The Labute approximate surface area is 465 Å². The average Bonchev–Trinajstić information content (AvgIpc) is 4.47. The molecule has 3 heteroatoms. The number of hydrogen-bond acceptors (Lipinski definition) is 3. The molecule has 3 aliphatic heterocycles. The van der Waals surface area contributed by atoms with E-state index in [0.29, 0.717) is 17.8 Å². The number of nitrogens with zero attached hydrogens (tertiary/aromatic N) is 3. The first-order valence-corrected chi connectivity index (χ1v) is 29.6. The van der Waals surface area contributed by atoms with Crippen LogP contribution in [0.3, 0.4) is 0 Å². The summed E-state index contributed by atoms with van der Waals surface area (Å²) in [6.07, 6.45) is 11.0. The third-order valence-electron chi connectivity index (χ3n) is 21.2. The van der Waals surface area contributed by atoms with Gasteiger partial charge in [0.1, 0.15) is 0 Å². The predicted octanol–water partition coefficient (Wildman–Crippen LogP) is 20.8. The van der Waals surface area contributed by atoms with Crippen LogP contribution in [0, 0.1) is 0 Å². The van der Waals surface area contributed by atoms with Crippen LogP contribution in [-0.4, -0.2) is 16.6 Å². The van der Waals surface area contributed by atoms with Gasteiger partial charge in [-0.1, -0.05) is 147 Å². The Hall–Kier alpha value is -8.14. The molecule has 6 aliphatic rings. The van der Waals surface area contributed by atoms with Crippen LogP contribution >= 0.6 is 0 Å². The lowest BCUT2D eigenvalue weighted by Gasteiger charge is -2.37. The molecule has 0 N–H and O–H groups in total. The van der Waals surface area contributed by atoms with E-state index in [2.05, 4.69) is 248 Å². The van der Waals surface area contributed by atoms with Gasteiger partial charge >= 0.3 is 0 Å². The van der Waals surface area contributed by atoms with E-state index in [1.54, 1.807) is 0 Å². The molecule has 3 saturated carbocycles. The molecule has 0 saturated heterocycles. The Morgan fingerprint density at radius 2 is 0.595 bits per heavy atom.